The molecule has 6 heteroatoms. The van der Waals surface area contributed by atoms with Crippen molar-refractivity contribution in [3.8, 4) is 0 Å². The van der Waals surface area contributed by atoms with Gasteiger partial charge in [0.1, 0.15) is 0 Å². The lowest BCUT2D eigenvalue weighted by molar-refractivity contribution is -0.144. The van der Waals surface area contributed by atoms with E-state index in [1.807, 2.05) is 58.0 Å². The molecule has 0 aliphatic rings. The highest BCUT2D eigenvalue weighted by atomic mass is 28.4. The van der Waals surface area contributed by atoms with Gasteiger partial charge in [0.25, 0.3) is 0 Å². The fourth-order valence-electron chi connectivity index (χ4n) is 2.28. The Hall–Kier alpha value is -1.21. The first kappa shape index (κ1) is 19.8. The predicted octanol–water partition coefficient (Wildman–Crippen LogP) is 3.38. The van der Waals surface area contributed by atoms with Crippen LogP contribution >= 0.6 is 0 Å². The van der Waals surface area contributed by atoms with Gasteiger partial charge in [-0.25, -0.2) is 0 Å². The SMILES string of the molecule is CCO[Si](CCOC(=O)C(C)c1ccccc1)(OCC)OCC. The molecule has 23 heavy (non-hydrogen) atoms. The van der Waals surface area contributed by atoms with E-state index in [9.17, 15) is 4.79 Å². The van der Waals surface area contributed by atoms with Crippen molar-refractivity contribution < 1.29 is 22.8 Å². The van der Waals surface area contributed by atoms with Crippen molar-refractivity contribution in [3.63, 3.8) is 0 Å². The number of esters is 1. The molecule has 0 heterocycles. The topological polar surface area (TPSA) is 54.0 Å². The van der Waals surface area contributed by atoms with E-state index in [1.54, 1.807) is 0 Å². The summed E-state index contributed by atoms with van der Waals surface area (Å²) < 4.78 is 22.6. The smallest absolute Gasteiger partial charge is 0.465 e. The molecule has 1 unspecified atom stereocenters. The Morgan fingerprint density at radius 3 is 2.00 bits per heavy atom. The van der Waals surface area contributed by atoms with Gasteiger partial charge in [-0.05, 0) is 33.3 Å². The average Bonchev–Trinajstić information content (AvgIpc) is 2.55. The Morgan fingerprint density at radius 2 is 1.52 bits per heavy atom. The van der Waals surface area contributed by atoms with Crippen LogP contribution in [-0.4, -0.2) is 41.2 Å². The van der Waals surface area contributed by atoms with Crippen LogP contribution in [0.3, 0.4) is 0 Å². The Labute approximate surface area is 140 Å². The molecule has 5 nitrogen and oxygen atoms in total. The second-order valence-corrected chi connectivity index (χ2v) is 7.76. The highest BCUT2D eigenvalue weighted by Gasteiger charge is 2.40. The fraction of sp³-hybridized carbons (Fsp3) is 0.588. The van der Waals surface area contributed by atoms with Crippen molar-refractivity contribution in [2.75, 3.05) is 26.4 Å². The van der Waals surface area contributed by atoms with E-state index in [4.69, 9.17) is 18.0 Å². The number of benzene rings is 1. The van der Waals surface area contributed by atoms with E-state index in [0.717, 1.165) is 5.56 Å². The van der Waals surface area contributed by atoms with Crippen LogP contribution in [0.2, 0.25) is 6.04 Å². The summed E-state index contributed by atoms with van der Waals surface area (Å²) in [6.45, 7) is 9.34. The highest BCUT2D eigenvalue weighted by Crippen LogP contribution is 2.19. The molecule has 0 aromatic heterocycles. The van der Waals surface area contributed by atoms with Gasteiger partial charge in [-0.15, -0.1) is 0 Å². The van der Waals surface area contributed by atoms with Crippen molar-refractivity contribution in [1.82, 2.24) is 0 Å². The van der Waals surface area contributed by atoms with Gasteiger partial charge >= 0.3 is 14.8 Å². The Balaban J connectivity index is 2.56. The van der Waals surface area contributed by atoms with Crippen LogP contribution in [0.4, 0.5) is 0 Å². The van der Waals surface area contributed by atoms with Gasteiger partial charge in [-0.2, -0.15) is 0 Å². The van der Waals surface area contributed by atoms with Crippen molar-refractivity contribution >= 4 is 14.8 Å². The summed E-state index contributed by atoms with van der Waals surface area (Å²) in [7, 11) is -2.75. The Kier molecular flexibility index (Phi) is 9.09. The molecular formula is C17H28O5Si. The first-order chi connectivity index (χ1) is 11.1. The minimum absolute atomic E-state index is 0.238. The van der Waals surface area contributed by atoms with Gasteiger partial charge in [0.05, 0.1) is 18.6 Å². The minimum Gasteiger partial charge on any atom is -0.465 e. The molecule has 0 radical (unpaired) electrons. The molecule has 0 amide bonds. The van der Waals surface area contributed by atoms with E-state index in [1.165, 1.54) is 0 Å². The second-order valence-electron chi connectivity index (χ2n) is 5.03. The van der Waals surface area contributed by atoms with Crippen LogP contribution < -0.4 is 0 Å². The second kappa shape index (κ2) is 10.5. The van der Waals surface area contributed by atoms with E-state index in [0.29, 0.717) is 25.9 Å². The molecule has 0 aliphatic heterocycles. The van der Waals surface area contributed by atoms with Crippen LogP contribution in [0.1, 0.15) is 39.2 Å². The third kappa shape index (κ3) is 6.43. The van der Waals surface area contributed by atoms with Crippen LogP contribution in [0.25, 0.3) is 0 Å². The number of rotatable bonds is 11. The molecule has 1 atom stereocenters. The molecule has 0 bridgehead atoms. The summed E-state index contributed by atoms with van der Waals surface area (Å²) >= 11 is 0. The van der Waals surface area contributed by atoms with Gasteiger partial charge < -0.3 is 18.0 Å². The normalized spacial score (nSPS) is 12.9. The molecule has 0 saturated carbocycles. The van der Waals surface area contributed by atoms with Crippen molar-refractivity contribution in [3.05, 3.63) is 35.9 Å². The zero-order valence-corrected chi connectivity index (χ0v) is 15.5. The third-order valence-electron chi connectivity index (χ3n) is 3.40. The summed E-state index contributed by atoms with van der Waals surface area (Å²) in [6, 6.07) is 10.1. The lowest BCUT2D eigenvalue weighted by Crippen LogP contribution is -2.47. The van der Waals surface area contributed by atoms with E-state index in [-0.39, 0.29) is 18.5 Å². The zero-order valence-electron chi connectivity index (χ0n) is 14.5. The van der Waals surface area contributed by atoms with Crippen molar-refractivity contribution in [2.45, 2.75) is 39.7 Å². The monoisotopic (exact) mass is 340 g/mol. The highest BCUT2D eigenvalue weighted by molar-refractivity contribution is 6.60. The van der Waals surface area contributed by atoms with Crippen LogP contribution in [0, 0.1) is 0 Å². The Morgan fingerprint density at radius 1 is 1.00 bits per heavy atom. The molecule has 1 aromatic carbocycles. The maximum Gasteiger partial charge on any atom is 0.504 e. The molecular weight excluding hydrogens is 312 g/mol. The maximum atomic E-state index is 12.2. The quantitative estimate of drug-likeness (QED) is 0.456. The zero-order chi connectivity index (χ0) is 17.1. The van der Waals surface area contributed by atoms with Gasteiger partial charge in [0, 0.05) is 19.8 Å². The summed E-state index contributed by atoms with van der Waals surface area (Å²) in [5.41, 5.74) is 0.945. The summed E-state index contributed by atoms with van der Waals surface area (Å²) in [5, 5.41) is 0. The number of carbonyl (C=O) groups excluding carboxylic acids is 1. The van der Waals surface area contributed by atoms with Gasteiger partial charge in [-0.3, -0.25) is 4.79 Å². The number of carbonyl (C=O) groups is 1. The van der Waals surface area contributed by atoms with Crippen LogP contribution in [0.15, 0.2) is 30.3 Å². The number of hydrogen-bond donors (Lipinski definition) is 0. The first-order valence-corrected chi connectivity index (χ1v) is 10.1. The van der Waals surface area contributed by atoms with Crippen molar-refractivity contribution in [2.24, 2.45) is 0 Å². The van der Waals surface area contributed by atoms with E-state index < -0.39 is 8.80 Å². The number of hydrogen-bond acceptors (Lipinski definition) is 5. The van der Waals surface area contributed by atoms with Gasteiger partial charge in [0.2, 0.25) is 0 Å². The molecule has 0 N–H and O–H groups in total. The standard InChI is InChI=1S/C17H28O5Si/c1-5-20-23(21-6-2,22-7-3)14-13-19-17(18)15(4)16-11-9-8-10-12-16/h8-12,15H,5-7,13-14H2,1-4H3. The van der Waals surface area contributed by atoms with E-state index in [2.05, 4.69) is 0 Å². The Bertz CT molecular complexity index is 435. The molecule has 0 aliphatic carbocycles. The van der Waals surface area contributed by atoms with Crippen molar-refractivity contribution in [1.29, 1.82) is 0 Å². The fourth-order valence-corrected chi connectivity index (χ4v) is 4.64. The van der Waals surface area contributed by atoms with Gasteiger partial charge in [0.15, 0.2) is 0 Å². The first-order valence-electron chi connectivity index (χ1n) is 8.22. The molecule has 0 fully saturated rings. The summed E-state index contributed by atoms with van der Waals surface area (Å²) in [6.07, 6.45) is 0. The molecule has 1 rings (SSSR count). The molecule has 0 spiro atoms. The molecule has 0 saturated heterocycles. The number of ether oxygens (including phenoxy) is 1. The lowest BCUT2D eigenvalue weighted by Gasteiger charge is -2.28. The minimum atomic E-state index is -2.75. The lowest BCUT2D eigenvalue weighted by atomic mass is 10.0. The molecule has 130 valence electrons. The maximum absolute atomic E-state index is 12.2. The van der Waals surface area contributed by atoms with Crippen LogP contribution in [0.5, 0.6) is 0 Å². The predicted molar refractivity (Wildman–Crippen MR) is 91.3 cm³/mol. The largest absolute Gasteiger partial charge is 0.504 e. The summed E-state index contributed by atoms with van der Waals surface area (Å²) in [5.74, 6) is -0.540. The van der Waals surface area contributed by atoms with E-state index >= 15 is 0 Å². The summed E-state index contributed by atoms with van der Waals surface area (Å²) in [4.78, 5) is 12.2. The average molecular weight is 340 g/mol. The van der Waals surface area contributed by atoms with Crippen LogP contribution in [-0.2, 0) is 22.8 Å². The third-order valence-corrected chi connectivity index (χ3v) is 6.40. The molecule has 1 aromatic rings. The van der Waals surface area contributed by atoms with Gasteiger partial charge in [-0.1, -0.05) is 30.3 Å².